The lowest BCUT2D eigenvalue weighted by molar-refractivity contribution is -0.139. The van der Waals surface area contributed by atoms with Crippen LogP contribution in [0.4, 0.5) is 14.9 Å². The summed E-state index contributed by atoms with van der Waals surface area (Å²) in [5.74, 6) is -1.55. The van der Waals surface area contributed by atoms with Gasteiger partial charge in [-0.3, -0.25) is 0 Å². The fourth-order valence-electron chi connectivity index (χ4n) is 1.93. The molecule has 1 unspecified atom stereocenters. The monoisotopic (exact) mass is 318 g/mol. The van der Waals surface area contributed by atoms with Gasteiger partial charge in [-0.2, -0.15) is 0 Å². The molecule has 2 aromatic carbocycles. The van der Waals surface area contributed by atoms with Crippen molar-refractivity contribution in [2.45, 2.75) is 12.5 Å². The van der Waals surface area contributed by atoms with Crippen LogP contribution in [0.1, 0.15) is 5.56 Å². The van der Waals surface area contributed by atoms with Crippen molar-refractivity contribution in [3.63, 3.8) is 0 Å². The minimum atomic E-state index is -1.19. The first-order chi connectivity index (χ1) is 10.9. The third-order valence-electron chi connectivity index (χ3n) is 3.08. The van der Waals surface area contributed by atoms with Gasteiger partial charge in [0, 0.05) is 12.1 Å². The van der Waals surface area contributed by atoms with Gasteiger partial charge in [-0.05, 0) is 42.0 Å². The van der Waals surface area contributed by atoms with Crippen molar-refractivity contribution >= 4 is 17.7 Å². The van der Waals surface area contributed by atoms with E-state index in [0.717, 1.165) is 0 Å². The van der Waals surface area contributed by atoms with Gasteiger partial charge >= 0.3 is 12.0 Å². The van der Waals surface area contributed by atoms with Crippen LogP contribution in [0.3, 0.4) is 0 Å². The second-order valence-corrected chi connectivity index (χ2v) is 4.87. The number of anilines is 1. The third kappa shape index (κ3) is 4.99. The number of aromatic hydroxyl groups is 1. The summed E-state index contributed by atoms with van der Waals surface area (Å²) in [5, 5.41) is 23.2. The summed E-state index contributed by atoms with van der Waals surface area (Å²) in [6.07, 6.45) is 0.0620. The lowest BCUT2D eigenvalue weighted by atomic mass is 10.1. The number of nitrogens with one attached hydrogen (secondary N) is 2. The minimum Gasteiger partial charge on any atom is -0.508 e. The van der Waals surface area contributed by atoms with E-state index in [-0.39, 0.29) is 12.2 Å². The standard InChI is InChI=1S/C16H15FN2O4/c17-11-3-5-12(6-4-11)18-16(23)19-14(15(21)22)9-10-1-7-13(20)8-2-10/h1-8,14,20H,9H2,(H,21,22)(H2,18,19,23). The fourth-order valence-corrected chi connectivity index (χ4v) is 1.93. The number of phenols is 1. The Balaban J connectivity index is 1.98. The number of hydrogen-bond acceptors (Lipinski definition) is 3. The predicted octanol–water partition coefficient (Wildman–Crippen LogP) is 2.35. The van der Waals surface area contributed by atoms with Crippen LogP contribution < -0.4 is 10.6 Å². The highest BCUT2D eigenvalue weighted by Gasteiger charge is 2.20. The molecule has 0 aliphatic rings. The Bertz CT molecular complexity index is 686. The van der Waals surface area contributed by atoms with Crippen LogP contribution in [0, 0.1) is 5.82 Å². The second-order valence-electron chi connectivity index (χ2n) is 4.87. The smallest absolute Gasteiger partial charge is 0.326 e. The summed E-state index contributed by atoms with van der Waals surface area (Å²) in [5.41, 5.74) is 0.995. The van der Waals surface area contributed by atoms with Crippen molar-refractivity contribution in [3.8, 4) is 5.75 Å². The summed E-state index contributed by atoms with van der Waals surface area (Å²) >= 11 is 0. The first kappa shape index (κ1) is 16.3. The largest absolute Gasteiger partial charge is 0.508 e. The molecule has 2 aromatic rings. The zero-order valence-corrected chi connectivity index (χ0v) is 12.0. The number of amides is 2. The summed E-state index contributed by atoms with van der Waals surface area (Å²) in [6.45, 7) is 0. The molecule has 0 aromatic heterocycles. The van der Waals surface area contributed by atoms with Crippen LogP contribution in [0.5, 0.6) is 5.75 Å². The van der Waals surface area contributed by atoms with Gasteiger partial charge in [0.15, 0.2) is 0 Å². The van der Waals surface area contributed by atoms with Gasteiger partial charge in [0.05, 0.1) is 0 Å². The predicted molar refractivity (Wildman–Crippen MR) is 81.8 cm³/mol. The van der Waals surface area contributed by atoms with E-state index >= 15 is 0 Å². The molecule has 0 aliphatic heterocycles. The van der Waals surface area contributed by atoms with Crippen LogP contribution in [-0.2, 0) is 11.2 Å². The van der Waals surface area contributed by atoms with Gasteiger partial charge in [-0.1, -0.05) is 12.1 Å². The zero-order chi connectivity index (χ0) is 16.8. The van der Waals surface area contributed by atoms with Crippen molar-refractivity contribution < 1.29 is 24.2 Å². The molecule has 0 radical (unpaired) electrons. The maximum Gasteiger partial charge on any atom is 0.326 e. The number of rotatable bonds is 5. The van der Waals surface area contributed by atoms with Gasteiger partial charge in [-0.15, -0.1) is 0 Å². The average Bonchev–Trinajstić information content (AvgIpc) is 2.51. The molecule has 23 heavy (non-hydrogen) atoms. The first-order valence-electron chi connectivity index (χ1n) is 6.78. The number of benzene rings is 2. The van der Waals surface area contributed by atoms with E-state index in [1.807, 2.05) is 0 Å². The Morgan fingerprint density at radius 3 is 2.22 bits per heavy atom. The molecule has 0 spiro atoms. The Morgan fingerprint density at radius 2 is 1.65 bits per heavy atom. The van der Waals surface area contributed by atoms with Gasteiger partial charge in [0.1, 0.15) is 17.6 Å². The Kier molecular flexibility index (Phi) is 5.14. The molecule has 4 N–H and O–H groups in total. The molecule has 6 nitrogen and oxygen atoms in total. The lowest BCUT2D eigenvalue weighted by Crippen LogP contribution is -2.44. The van der Waals surface area contributed by atoms with Crippen molar-refractivity contribution in [1.82, 2.24) is 5.32 Å². The van der Waals surface area contributed by atoms with Crippen molar-refractivity contribution in [3.05, 3.63) is 59.9 Å². The van der Waals surface area contributed by atoms with Crippen molar-refractivity contribution in [2.24, 2.45) is 0 Å². The average molecular weight is 318 g/mol. The minimum absolute atomic E-state index is 0.0620. The summed E-state index contributed by atoms with van der Waals surface area (Å²) in [4.78, 5) is 23.1. The molecule has 7 heteroatoms. The maximum absolute atomic E-state index is 12.8. The molecular weight excluding hydrogens is 303 g/mol. The number of carbonyl (C=O) groups is 2. The fraction of sp³-hybridized carbons (Fsp3) is 0.125. The van der Waals surface area contributed by atoms with E-state index < -0.39 is 23.9 Å². The van der Waals surface area contributed by atoms with Gasteiger partial charge in [0.25, 0.3) is 0 Å². The van der Waals surface area contributed by atoms with E-state index in [4.69, 9.17) is 0 Å². The summed E-state index contributed by atoms with van der Waals surface area (Å²) in [7, 11) is 0. The van der Waals surface area contributed by atoms with E-state index in [1.54, 1.807) is 12.1 Å². The number of carbonyl (C=O) groups excluding carboxylic acids is 1. The third-order valence-corrected chi connectivity index (χ3v) is 3.08. The molecular formula is C16H15FN2O4. The maximum atomic E-state index is 12.8. The van der Waals surface area contributed by atoms with Crippen molar-refractivity contribution in [2.75, 3.05) is 5.32 Å². The number of aliphatic carboxylic acids is 1. The molecule has 0 aliphatic carbocycles. The number of hydrogen-bond donors (Lipinski definition) is 4. The van der Waals surface area contributed by atoms with Gasteiger partial charge in [-0.25, -0.2) is 14.0 Å². The number of halogens is 1. The van der Waals surface area contributed by atoms with E-state index in [0.29, 0.717) is 11.3 Å². The molecule has 120 valence electrons. The number of carboxylic acid groups (broad SMARTS) is 1. The van der Waals surface area contributed by atoms with Crippen molar-refractivity contribution in [1.29, 1.82) is 0 Å². The highest BCUT2D eigenvalue weighted by atomic mass is 19.1. The molecule has 0 fully saturated rings. The van der Waals surface area contributed by atoms with E-state index in [9.17, 15) is 24.2 Å². The Morgan fingerprint density at radius 1 is 1.04 bits per heavy atom. The summed E-state index contributed by atoms with van der Waals surface area (Å²) in [6, 6.07) is 9.27. The highest BCUT2D eigenvalue weighted by molar-refractivity contribution is 5.92. The van der Waals surface area contributed by atoms with Crippen LogP contribution in [0.15, 0.2) is 48.5 Å². The number of carboxylic acids is 1. The summed E-state index contributed by atoms with van der Waals surface area (Å²) < 4.78 is 12.8. The normalized spacial score (nSPS) is 11.5. The Hall–Kier alpha value is -3.09. The first-order valence-corrected chi connectivity index (χ1v) is 6.78. The van der Waals surface area contributed by atoms with Gasteiger partial charge < -0.3 is 20.8 Å². The number of phenolic OH excluding ortho intramolecular Hbond substituents is 1. The molecule has 1 atom stereocenters. The van der Waals surface area contributed by atoms with Crippen LogP contribution >= 0.6 is 0 Å². The molecule has 0 bridgehead atoms. The molecule has 2 amide bonds. The molecule has 0 saturated carbocycles. The van der Waals surface area contributed by atoms with E-state index in [2.05, 4.69) is 10.6 Å². The topological polar surface area (TPSA) is 98.7 Å². The molecule has 0 heterocycles. The van der Waals surface area contributed by atoms with Gasteiger partial charge in [0.2, 0.25) is 0 Å². The quantitative estimate of drug-likeness (QED) is 0.680. The highest BCUT2D eigenvalue weighted by Crippen LogP contribution is 2.12. The Labute approximate surface area is 131 Å². The second kappa shape index (κ2) is 7.26. The molecule has 2 rings (SSSR count). The molecule has 0 saturated heterocycles. The van der Waals surface area contributed by atoms with Crippen LogP contribution in [0.2, 0.25) is 0 Å². The lowest BCUT2D eigenvalue weighted by Gasteiger charge is -2.15. The number of urea groups is 1. The van der Waals surface area contributed by atoms with Crippen LogP contribution in [0.25, 0.3) is 0 Å². The SMILES string of the molecule is O=C(Nc1ccc(F)cc1)NC(Cc1ccc(O)cc1)C(=O)O. The zero-order valence-electron chi connectivity index (χ0n) is 12.0. The van der Waals surface area contributed by atoms with E-state index in [1.165, 1.54) is 36.4 Å². The van der Waals surface area contributed by atoms with Crippen LogP contribution in [-0.4, -0.2) is 28.3 Å².